The van der Waals surface area contributed by atoms with Crippen molar-refractivity contribution in [3.05, 3.63) is 12.7 Å². The van der Waals surface area contributed by atoms with Gasteiger partial charge in [0.05, 0.1) is 4.58 Å². The molecule has 1 aliphatic heterocycles. The van der Waals surface area contributed by atoms with Crippen molar-refractivity contribution < 1.29 is 11.0 Å². The van der Waals surface area contributed by atoms with Crippen LogP contribution in [-0.4, -0.2) is 27.7 Å². The Kier molecular flexibility index (Phi) is 5.76. The van der Waals surface area contributed by atoms with Gasteiger partial charge in [-0.25, -0.2) is 4.79 Å². The first-order valence-electron chi connectivity index (χ1n) is 5.39. The molecule has 2 fully saturated rings. The smallest absolute Gasteiger partial charge is 0.330 e. The molecule has 0 bridgehead atoms. The number of fused-ring (bicyclic) bond motifs is 1. The molecule has 16 heavy (non-hydrogen) atoms. The van der Waals surface area contributed by atoms with Crippen LogP contribution in [0.5, 0.6) is 0 Å². The third-order valence-electron chi connectivity index (χ3n) is 2.82. The van der Waals surface area contributed by atoms with Crippen LogP contribution >= 0.6 is 23.5 Å². The van der Waals surface area contributed by atoms with Crippen LogP contribution in [0.25, 0.3) is 0 Å². The van der Waals surface area contributed by atoms with Crippen molar-refractivity contribution in [3.63, 3.8) is 0 Å². The fraction of sp³-hybridized carbons (Fsp3) is 0.750. The largest absolute Gasteiger partial charge is 0.460 e. The number of thioether (sulfide) groups is 2. The summed E-state index contributed by atoms with van der Waals surface area (Å²) in [6.07, 6.45) is 6.65. The van der Waals surface area contributed by atoms with Gasteiger partial charge < -0.3 is 4.74 Å². The highest BCUT2D eigenvalue weighted by Gasteiger charge is 2.37. The average molecular weight is 262 g/mol. The fourth-order valence-corrected chi connectivity index (χ4v) is 5.88. The van der Waals surface area contributed by atoms with E-state index in [1.54, 1.807) is 0 Å². The maximum atomic E-state index is 10.9. The molecule has 94 valence electrons. The summed E-state index contributed by atoms with van der Waals surface area (Å²) in [5.74, 6) is -0.300. The molecule has 1 aliphatic carbocycles. The zero-order valence-electron chi connectivity index (χ0n) is 8.69. The van der Waals surface area contributed by atoms with Gasteiger partial charge >= 0.3 is 5.97 Å². The summed E-state index contributed by atoms with van der Waals surface area (Å²) in [5, 5.41) is 1.60. The lowest BCUT2D eigenvalue weighted by atomic mass is 10.00. The first-order chi connectivity index (χ1) is 7.29. The first kappa shape index (κ1) is 14.0. The highest BCUT2D eigenvalue weighted by atomic mass is 32.2. The Morgan fingerprint density at radius 1 is 1.38 bits per heavy atom. The zero-order valence-corrected chi connectivity index (χ0v) is 10.3. The fourth-order valence-electron chi connectivity index (χ4n) is 2.08. The van der Waals surface area contributed by atoms with E-state index in [-0.39, 0.29) is 14.8 Å². The number of ether oxygens (including phenoxy) is 1. The number of hydrogen-bond donors (Lipinski definition) is 0. The molecule has 2 unspecified atom stereocenters. The van der Waals surface area contributed by atoms with E-state index in [2.05, 4.69) is 6.58 Å². The molecule has 2 aliphatic rings. The molecule has 1 saturated heterocycles. The Labute approximate surface area is 108 Å². The van der Waals surface area contributed by atoms with Crippen LogP contribution in [0.3, 0.4) is 0 Å². The van der Waals surface area contributed by atoms with Crippen molar-refractivity contribution in [2.24, 2.45) is 0 Å². The molecule has 0 spiro atoms. The third kappa shape index (κ3) is 3.45. The van der Waals surface area contributed by atoms with E-state index >= 15 is 0 Å². The predicted octanol–water partition coefficient (Wildman–Crippen LogP) is 3.72. The van der Waals surface area contributed by atoms with Crippen molar-refractivity contribution in [2.75, 3.05) is 6.61 Å². The van der Waals surface area contributed by atoms with Crippen LogP contribution in [0.2, 0.25) is 0 Å². The monoisotopic (exact) mass is 262 g/mol. The minimum Gasteiger partial charge on any atom is -0.460 e. The van der Waals surface area contributed by atoms with E-state index in [0.29, 0.717) is 11.2 Å². The molecule has 1 saturated carbocycles. The summed E-state index contributed by atoms with van der Waals surface area (Å²) < 4.78 is 5.53. The van der Waals surface area contributed by atoms with Crippen LogP contribution in [0, 0.1) is 0 Å². The molecule has 2 rings (SSSR count). The lowest BCUT2D eigenvalue weighted by Crippen LogP contribution is -2.19. The molecule has 2 nitrogen and oxygen atoms in total. The summed E-state index contributed by atoms with van der Waals surface area (Å²) in [7, 11) is 0. The second-order valence-corrected chi connectivity index (χ2v) is 7.09. The van der Waals surface area contributed by atoms with Gasteiger partial charge in [0.25, 0.3) is 0 Å². The lowest BCUT2D eigenvalue weighted by Gasteiger charge is -2.22. The maximum absolute atomic E-state index is 10.9. The predicted molar refractivity (Wildman–Crippen MR) is 75.0 cm³/mol. The lowest BCUT2D eigenvalue weighted by molar-refractivity contribution is -0.137. The number of rotatable bonds is 3. The van der Waals surface area contributed by atoms with Gasteiger partial charge in [-0.15, -0.1) is 23.5 Å². The van der Waals surface area contributed by atoms with Crippen molar-refractivity contribution in [1.29, 1.82) is 0 Å². The van der Waals surface area contributed by atoms with E-state index in [0.717, 1.165) is 10.5 Å². The summed E-state index contributed by atoms with van der Waals surface area (Å²) in [6, 6.07) is 0. The molecule has 0 aromatic heterocycles. The van der Waals surface area contributed by atoms with E-state index in [9.17, 15) is 4.79 Å². The summed E-state index contributed by atoms with van der Waals surface area (Å²) in [4.78, 5) is 10.9. The molecule has 1 heterocycles. The van der Waals surface area contributed by atoms with E-state index in [4.69, 9.17) is 4.74 Å². The molecular weight excluding hydrogens is 240 g/mol. The number of esters is 1. The molecule has 0 N–H and O–H groups in total. The van der Waals surface area contributed by atoms with Crippen LogP contribution in [0.15, 0.2) is 12.7 Å². The average Bonchev–Trinajstić information content (AvgIpc) is 2.68. The Bertz CT molecular complexity index is 247. The Morgan fingerprint density at radius 2 is 1.94 bits per heavy atom. The molecule has 0 aromatic rings. The summed E-state index contributed by atoms with van der Waals surface area (Å²) in [5.41, 5.74) is 0. The number of carbonyl (C=O) groups excluding carboxylic acids is 1. The van der Waals surface area contributed by atoms with E-state index in [1.165, 1.54) is 31.8 Å². The minimum absolute atomic E-state index is 0. The van der Waals surface area contributed by atoms with Gasteiger partial charge in [0.15, 0.2) is 0 Å². The van der Waals surface area contributed by atoms with Crippen LogP contribution < -0.4 is 0 Å². The highest BCUT2D eigenvalue weighted by Crippen LogP contribution is 2.49. The topological polar surface area (TPSA) is 26.3 Å². The van der Waals surface area contributed by atoms with Gasteiger partial charge in [-0.1, -0.05) is 26.8 Å². The second-order valence-electron chi connectivity index (χ2n) is 3.90. The molecule has 4 heteroatoms. The molecular formula is C12H22O2S2. The maximum Gasteiger partial charge on any atom is 0.330 e. The Morgan fingerprint density at radius 3 is 2.44 bits per heavy atom. The van der Waals surface area contributed by atoms with Crippen molar-refractivity contribution in [3.8, 4) is 0 Å². The van der Waals surface area contributed by atoms with Crippen molar-refractivity contribution >= 4 is 29.5 Å². The van der Waals surface area contributed by atoms with Gasteiger partial charge in [0.1, 0.15) is 6.61 Å². The summed E-state index contributed by atoms with van der Waals surface area (Å²) >= 11 is 4.00. The minimum atomic E-state index is -0.300. The quantitative estimate of drug-likeness (QED) is 0.572. The highest BCUT2D eigenvalue weighted by molar-refractivity contribution is 8.20. The normalized spacial score (nSPS) is 32.4. The van der Waals surface area contributed by atoms with Crippen LogP contribution in [0.1, 0.15) is 34.5 Å². The summed E-state index contributed by atoms with van der Waals surface area (Å²) in [6.45, 7) is 3.92. The molecule has 2 atom stereocenters. The van der Waals surface area contributed by atoms with Gasteiger partial charge in [-0.3, -0.25) is 0 Å². The number of hydrogen-bond acceptors (Lipinski definition) is 4. The third-order valence-corrected chi connectivity index (χ3v) is 6.37. The standard InChI is InChI=1S/C11H16O2S2.CH4.H2/c1-2-10(12)13-7-11-14-8-5-3-4-6-9(8)15-11;;/h2,8-9,11H,1,3-7H2;1H4;1H. The van der Waals surface area contributed by atoms with Crippen LogP contribution in [0.4, 0.5) is 0 Å². The molecule has 0 amide bonds. The van der Waals surface area contributed by atoms with Gasteiger partial charge in [0, 0.05) is 18.0 Å². The van der Waals surface area contributed by atoms with Gasteiger partial charge in [-0.2, -0.15) is 0 Å². The van der Waals surface area contributed by atoms with E-state index in [1.807, 2.05) is 23.5 Å². The zero-order chi connectivity index (χ0) is 10.7. The Balaban J connectivity index is 0.00000128. The SMILES string of the molecule is C.C=CC(=O)OCC1SC2CCCCC2S1.[HH]. The van der Waals surface area contributed by atoms with Crippen LogP contribution in [-0.2, 0) is 9.53 Å². The molecule has 0 aromatic carbocycles. The van der Waals surface area contributed by atoms with Crippen molar-refractivity contribution in [1.82, 2.24) is 0 Å². The first-order valence-corrected chi connectivity index (χ1v) is 7.28. The van der Waals surface area contributed by atoms with Gasteiger partial charge in [-0.05, 0) is 12.8 Å². The number of carbonyl (C=O) groups is 1. The van der Waals surface area contributed by atoms with E-state index < -0.39 is 0 Å². The Hall–Kier alpha value is -0.0900. The molecule has 0 radical (unpaired) electrons. The van der Waals surface area contributed by atoms with Gasteiger partial charge in [0.2, 0.25) is 0 Å². The second kappa shape index (κ2) is 6.60. The van der Waals surface area contributed by atoms with Crippen molar-refractivity contribution in [2.45, 2.75) is 48.2 Å².